The van der Waals surface area contributed by atoms with E-state index in [0.717, 1.165) is 19.6 Å². The van der Waals surface area contributed by atoms with Crippen molar-refractivity contribution in [3.05, 3.63) is 52.5 Å². The van der Waals surface area contributed by atoms with Crippen molar-refractivity contribution in [3.8, 4) is 0 Å². The Kier molecular flexibility index (Phi) is 19.6. The number of hydrogen-bond acceptors (Lipinski definition) is 4. The Morgan fingerprint density at radius 3 is 2.00 bits per heavy atom. The Bertz CT molecular complexity index is 752. The first-order valence-corrected chi connectivity index (χ1v) is 16.0. The first-order chi connectivity index (χ1) is 18.3. The summed E-state index contributed by atoms with van der Waals surface area (Å²) in [7, 11) is 0. The van der Waals surface area contributed by atoms with E-state index in [1.54, 1.807) is 11.3 Å². The Hall–Kier alpha value is -1.27. The molecular formula is C32H54NO3S+. The van der Waals surface area contributed by atoms with Gasteiger partial charge in [-0.05, 0) is 25.0 Å². The van der Waals surface area contributed by atoms with Crippen LogP contribution in [-0.4, -0.2) is 32.5 Å². The summed E-state index contributed by atoms with van der Waals surface area (Å²) in [4.78, 5) is 0. The molecule has 0 saturated carbocycles. The second-order valence-electron chi connectivity index (χ2n) is 10.3. The lowest BCUT2D eigenvalue weighted by molar-refractivity contribution is -0.683. The van der Waals surface area contributed by atoms with E-state index in [1.807, 2.05) is 6.92 Å². The minimum absolute atomic E-state index is 0.00110. The van der Waals surface area contributed by atoms with Gasteiger partial charge in [0.15, 0.2) is 12.7 Å². The van der Waals surface area contributed by atoms with Crippen molar-refractivity contribution >= 4 is 11.3 Å². The van der Waals surface area contributed by atoms with Crippen LogP contribution in [0.3, 0.4) is 0 Å². The Balaban J connectivity index is 1.43. The summed E-state index contributed by atoms with van der Waals surface area (Å²) in [5.74, 6) is 0. The number of hydrogen-bond donors (Lipinski definition) is 0. The molecular weight excluding hydrogens is 478 g/mol. The summed E-state index contributed by atoms with van der Waals surface area (Å²) in [5, 5.41) is 2.10. The highest BCUT2D eigenvalue weighted by atomic mass is 32.1. The van der Waals surface area contributed by atoms with E-state index in [0.29, 0.717) is 26.4 Å². The van der Waals surface area contributed by atoms with Gasteiger partial charge in [-0.3, -0.25) is 0 Å². The van der Waals surface area contributed by atoms with Gasteiger partial charge in [-0.25, -0.2) is 0 Å². The maximum atomic E-state index is 5.99. The third-order valence-electron chi connectivity index (χ3n) is 6.80. The second kappa shape index (κ2) is 22.7. The summed E-state index contributed by atoms with van der Waals surface area (Å²) in [6.07, 6.45) is 21.4. The smallest absolute Gasteiger partial charge is 0.224 e. The molecule has 5 heteroatoms. The number of thiazole rings is 1. The normalized spacial score (nSPS) is 12.3. The first-order valence-electron chi connectivity index (χ1n) is 15.1. The average Bonchev–Trinajstić information content (AvgIpc) is 3.41. The topological polar surface area (TPSA) is 31.6 Å². The minimum atomic E-state index is 0.00110. The summed E-state index contributed by atoms with van der Waals surface area (Å²) in [5.41, 5.74) is 4.63. The molecule has 0 saturated heterocycles. The molecule has 1 atom stereocenters. The van der Waals surface area contributed by atoms with E-state index < -0.39 is 0 Å². The fourth-order valence-corrected chi connectivity index (χ4v) is 5.28. The highest BCUT2D eigenvalue weighted by Gasteiger charge is 2.10. The standard InChI is InChI=1S/C32H54NO3S/c1-3-5-6-7-8-9-10-11-12-13-14-15-16-17-22-34-27-32(36-4-2)28-35-26-31-20-18-19-30(24-31)25-33-21-23-37-29-33/h18-21,23-24,29,32H,3-17,22,25-28H2,1-2H3/q+1. The lowest BCUT2D eigenvalue weighted by Crippen LogP contribution is -2.30. The van der Waals surface area contributed by atoms with Crippen molar-refractivity contribution in [1.29, 1.82) is 0 Å². The van der Waals surface area contributed by atoms with Crippen LogP contribution in [0, 0.1) is 0 Å². The average molecular weight is 533 g/mol. The molecule has 0 aliphatic rings. The molecule has 2 rings (SSSR count). The molecule has 0 fully saturated rings. The van der Waals surface area contributed by atoms with Gasteiger partial charge in [0.2, 0.25) is 5.51 Å². The molecule has 1 heterocycles. The Labute approximate surface area is 231 Å². The van der Waals surface area contributed by atoms with Gasteiger partial charge in [0.25, 0.3) is 0 Å². The van der Waals surface area contributed by atoms with Crippen molar-refractivity contribution in [3.63, 3.8) is 0 Å². The van der Waals surface area contributed by atoms with Crippen molar-refractivity contribution in [2.45, 2.75) is 123 Å². The molecule has 37 heavy (non-hydrogen) atoms. The van der Waals surface area contributed by atoms with Gasteiger partial charge in [-0.15, -0.1) is 0 Å². The fraction of sp³-hybridized carbons (Fsp3) is 0.719. The molecule has 2 aromatic rings. The van der Waals surface area contributed by atoms with Gasteiger partial charge in [-0.1, -0.05) is 120 Å². The second-order valence-corrected chi connectivity index (χ2v) is 11.0. The summed E-state index contributed by atoms with van der Waals surface area (Å²) >= 11 is 1.72. The van der Waals surface area contributed by atoms with Crippen LogP contribution in [0.5, 0.6) is 0 Å². The Morgan fingerprint density at radius 1 is 0.757 bits per heavy atom. The summed E-state index contributed by atoms with van der Waals surface area (Å²) < 4.78 is 20.0. The van der Waals surface area contributed by atoms with Gasteiger partial charge in [0.05, 0.1) is 25.2 Å². The SMILES string of the molecule is CCCCCCCCCCCCCCCCOCC(COCc1cccc(C[n+]2ccsc2)c1)OCC. The molecule has 0 aliphatic heterocycles. The maximum Gasteiger partial charge on any atom is 0.224 e. The van der Waals surface area contributed by atoms with Gasteiger partial charge < -0.3 is 14.2 Å². The van der Waals surface area contributed by atoms with E-state index in [4.69, 9.17) is 14.2 Å². The molecule has 210 valence electrons. The lowest BCUT2D eigenvalue weighted by atomic mass is 10.0. The zero-order valence-electron chi connectivity index (χ0n) is 23.8. The molecule has 0 spiro atoms. The molecule has 0 amide bonds. The zero-order chi connectivity index (χ0) is 26.2. The van der Waals surface area contributed by atoms with Crippen LogP contribution in [0.2, 0.25) is 0 Å². The number of benzene rings is 1. The molecule has 0 radical (unpaired) electrons. The molecule has 1 aromatic carbocycles. The number of nitrogens with zero attached hydrogens (tertiary/aromatic N) is 1. The van der Waals surface area contributed by atoms with E-state index in [9.17, 15) is 0 Å². The summed E-state index contributed by atoms with van der Waals surface area (Å²) in [6.45, 7) is 8.50. The lowest BCUT2D eigenvalue weighted by Gasteiger charge is -2.17. The van der Waals surface area contributed by atoms with Crippen LogP contribution in [0.15, 0.2) is 41.4 Å². The van der Waals surface area contributed by atoms with Crippen molar-refractivity contribution in [2.24, 2.45) is 0 Å². The Morgan fingerprint density at radius 2 is 1.38 bits per heavy atom. The molecule has 1 unspecified atom stereocenters. The van der Waals surface area contributed by atoms with Crippen molar-refractivity contribution in [2.75, 3.05) is 26.4 Å². The van der Waals surface area contributed by atoms with Crippen LogP contribution in [-0.2, 0) is 27.4 Å². The van der Waals surface area contributed by atoms with Crippen LogP contribution < -0.4 is 4.57 Å². The number of ether oxygens (including phenoxy) is 3. The number of unbranched alkanes of at least 4 members (excludes halogenated alkanes) is 13. The van der Waals surface area contributed by atoms with Gasteiger partial charge in [0.1, 0.15) is 6.10 Å². The van der Waals surface area contributed by atoms with Crippen LogP contribution in [0.1, 0.15) is 115 Å². The third kappa shape index (κ3) is 17.0. The largest absolute Gasteiger partial charge is 0.379 e. The first kappa shape index (κ1) is 31.9. The molecule has 1 aromatic heterocycles. The quantitative estimate of drug-likeness (QED) is 0.0949. The minimum Gasteiger partial charge on any atom is -0.379 e. The van der Waals surface area contributed by atoms with Gasteiger partial charge in [0, 0.05) is 18.8 Å². The van der Waals surface area contributed by atoms with Crippen LogP contribution in [0.25, 0.3) is 0 Å². The molecule has 0 aliphatic carbocycles. The van der Waals surface area contributed by atoms with E-state index in [2.05, 4.69) is 52.8 Å². The van der Waals surface area contributed by atoms with E-state index >= 15 is 0 Å². The number of aromatic nitrogens is 1. The predicted molar refractivity (Wildman–Crippen MR) is 156 cm³/mol. The monoisotopic (exact) mass is 532 g/mol. The molecule has 4 nitrogen and oxygen atoms in total. The van der Waals surface area contributed by atoms with Crippen LogP contribution >= 0.6 is 11.3 Å². The molecule has 0 N–H and O–H groups in total. The maximum absolute atomic E-state index is 5.99. The van der Waals surface area contributed by atoms with Gasteiger partial charge >= 0.3 is 0 Å². The molecule has 0 bridgehead atoms. The third-order valence-corrected chi connectivity index (χ3v) is 7.48. The van der Waals surface area contributed by atoms with Gasteiger partial charge in [-0.2, -0.15) is 4.57 Å². The number of rotatable bonds is 25. The summed E-state index contributed by atoms with van der Waals surface area (Å²) in [6, 6.07) is 8.64. The van der Waals surface area contributed by atoms with Crippen molar-refractivity contribution in [1.82, 2.24) is 0 Å². The highest BCUT2D eigenvalue weighted by molar-refractivity contribution is 7.07. The van der Waals surface area contributed by atoms with E-state index in [-0.39, 0.29) is 6.10 Å². The van der Waals surface area contributed by atoms with E-state index in [1.165, 1.54) is 94.6 Å². The van der Waals surface area contributed by atoms with Crippen molar-refractivity contribution < 1.29 is 18.8 Å². The predicted octanol–water partition coefficient (Wildman–Crippen LogP) is 8.50. The van der Waals surface area contributed by atoms with Crippen LogP contribution in [0.4, 0.5) is 0 Å². The zero-order valence-corrected chi connectivity index (χ0v) is 24.7. The fourth-order valence-electron chi connectivity index (χ4n) is 4.68. The highest BCUT2D eigenvalue weighted by Crippen LogP contribution is 2.13.